The van der Waals surface area contributed by atoms with Crippen LogP contribution in [0, 0.1) is 6.92 Å². The summed E-state index contributed by atoms with van der Waals surface area (Å²) in [6, 6.07) is 21.8. The number of carbonyl (C=O) groups excluding carboxylic acids is 1. The summed E-state index contributed by atoms with van der Waals surface area (Å²) in [5.41, 5.74) is 4.45. The standard InChI is InChI=1S/C25H22ClN3O2/c1-16-14-22(27-24(16)25(31)19-8-10-20(26)11-9-19)17(2)21-12-13-23(30)29(28-21)15-18-6-4-3-5-7-18/h3-14,17,27H,15H2,1-2H3. The Bertz CT molecular complexity index is 1270. The van der Waals surface area contributed by atoms with Gasteiger partial charge in [-0.2, -0.15) is 5.10 Å². The van der Waals surface area contributed by atoms with Crippen molar-refractivity contribution in [1.82, 2.24) is 14.8 Å². The Kier molecular flexibility index (Phi) is 5.87. The molecule has 0 radical (unpaired) electrons. The predicted molar refractivity (Wildman–Crippen MR) is 122 cm³/mol. The van der Waals surface area contributed by atoms with Crippen LogP contribution in [0.1, 0.15) is 51.4 Å². The average molecular weight is 432 g/mol. The third-order valence-corrected chi connectivity index (χ3v) is 5.59. The molecular weight excluding hydrogens is 410 g/mol. The predicted octanol–water partition coefficient (Wildman–Crippen LogP) is 4.96. The summed E-state index contributed by atoms with van der Waals surface area (Å²) in [4.78, 5) is 28.5. The summed E-state index contributed by atoms with van der Waals surface area (Å²) in [5.74, 6) is -0.206. The smallest absolute Gasteiger partial charge is 0.267 e. The summed E-state index contributed by atoms with van der Waals surface area (Å²) >= 11 is 5.93. The van der Waals surface area contributed by atoms with Crippen molar-refractivity contribution in [1.29, 1.82) is 0 Å². The van der Waals surface area contributed by atoms with Gasteiger partial charge >= 0.3 is 0 Å². The zero-order chi connectivity index (χ0) is 22.0. The minimum absolute atomic E-state index is 0.0883. The number of ketones is 1. The van der Waals surface area contributed by atoms with Crippen LogP contribution in [0.15, 0.2) is 77.6 Å². The van der Waals surface area contributed by atoms with Crippen molar-refractivity contribution >= 4 is 17.4 Å². The molecule has 2 heterocycles. The largest absolute Gasteiger partial charge is 0.355 e. The van der Waals surface area contributed by atoms with E-state index in [2.05, 4.69) is 10.1 Å². The zero-order valence-corrected chi connectivity index (χ0v) is 18.1. The molecule has 31 heavy (non-hydrogen) atoms. The SMILES string of the molecule is Cc1cc(C(C)c2ccc(=O)n(Cc3ccccc3)n2)[nH]c1C(=O)c1ccc(Cl)cc1. The van der Waals surface area contributed by atoms with E-state index in [4.69, 9.17) is 11.6 Å². The number of carbonyl (C=O) groups is 1. The maximum Gasteiger partial charge on any atom is 0.267 e. The van der Waals surface area contributed by atoms with Gasteiger partial charge < -0.3 is 4.98 Å². The molecule has 0 spiro atoms. The average Bonchev–Trinajstić information content (AvgIpc) is 3.17. The fourth-order valence-electron chi connectivity index (χ4n) is 3.52. The van der Waals surface area contributed by atoms with Crippen LogP contribution in [0.5, 0.6) is 0 Å². The molecule has 156 valence electrons. The van der Waals surface area contributed by atoms with E-state index in [1.807, 2.05) is 50.2 Å². The molecule has 1 atom stereocenters. The zero-order valence-electron chi connectivity index (χ0n) is 17.3. The van der Waals surface area contributed by atoms with Crippen LogP contribution < -0.4 is 5.56 Å². The number of hydrogen-bond acceptors (Lipinski definition) is 3. The van der Waals surface area contributed by atoms with Crippen LogP contribution in [0.25, 0.3) is 0 Å². The number of nitrogens with zero attached hydrogens (tertiary/aromatic N) is 2. The molecule has 0 saturated carbocycles. The minimum atomic E-state index is -0.152. The Balaban J connectivity index is 1.61. The van der Waals surface area contributed by atoms with E-state index in [0.29, 0.717) is 22.8 Å². The molecule has 0 saturated heterocycles. The Morgan fingerprint density at radius 1 is 1.06 bits per heavy atom. The lowest BCUT2D eigenvalue weighted by Gasteiger charge is -2.12. The van der Waals surface area contributed by atoms with Crippen LogP contribution in [0.4, 0.5) is 0 Å². The highest BCUT2D eigenvalue weighted by Gasteiger charge is 2.19. The third-order valence-electron chi connectivity index (χ3n) is 5.34. The molecule has 5 nitrogen and oxygen atoms in total. The molecule has 0 amide bonds. The molecule has 4 aromatic rings. The highest BCUT2D eigenvalue weighted by molar-refractivity contribution is 6.30. The van der Waals surface area contributed by atoms with Crippen molar-refractivity contribution in [3.63, 3.8) is 0 Å². The van der Waals surface area contributed by atoms with Gasteiger partial charge in [0.25, 0.3) is 5.56 Å². The van der Waals surface area contributed by atoms with Crippen molar-refractivity contribution in [2.75, 3.05) is 0 Å². The molecular formula is C25H22ClN3O2. The van der Waals surface area contributed by atoms with Gasteiger partial charge in [-0.15, -0.1) is 0 Å². The van der Waals surface area contributed by atoms with Gasteiger partial charge in [-0.3, -0.25) is 9.59 Å². The molecule has 2 aromatic carbocycles. The quantitative estimate of drug-likeness (QED) is 0.438. The topological polar surface area (TPSA) is 67.8 Å². The fourth-order valence-corrected chi connectivity index (χ4v) is 3.65. The second-order valence-corrected chi connectivity index (χ2v) is 8.02. The molecule has 2 aromatic heterocycles. The van der Waals surface area contributed by atoms with Gasteiger partial charge in [0.2, 0.25) is 5.78 Å². The van der Waals surface area contributed by atoms with E-state index in [1.165, 1.54) is 10.7 Å². The molecule has 1 unspecified atom stereocenters. The van der Waals surface area contributed by atoms with E-state index >= 15 is 0 Å². The normalized spacial score (nSPS) is 12.0. The van der Waals surface area contributed by atoms with Crippen LogP contribution in [-0.2, 0) is 6.54 Å². The number of hydrogen-bond donors (Lipinski definition) is 1. The van der Waals surface area contributed by atoms with E-state index in [1.54, 1.807) is 30.3 Å². The summed E-state index contributed by atoms with van der Waals surface area (Å²) in [6.07, 6.45) is 0. The fraction of sp³-hybridized carbons (Fsp3) is 0.160. The Labute approximate surface area is 185 Å². The van der Waals surface area contributed by atoms with Crippen molar-refractivity contribution in [3.05, 3.63) is 122 Å². The van der Waals surface area contributed by atoms with Crippen molar-refractivity contribution in [3.8, 4) is 0 Å². The molecule has 0 aliphatic heterocycles. The monoisotopic (exact) mass is 431 g/mol. The van der Waals surface area contributed by atoms with Crippen LogP contribution >= 0.6 is 11.6 Å². The maximum absolute atomic E-state index is 12.9. The van der Waals surface area contributed by atoms with Gasteiger partial charge in [0.05, 0.1) is 17.9 Å². The first-order chi connectivity index (χ1) is 14.9. The van der Waals surface area contributed by atoms with E-state index in [0.717, 1.165) is 22.5 Å². The Hall–Kier alpha value is -3.44. The third kappa shape index (κ3) is 4.52. The molecule has 4 rings (SSSR count). The van der Waals surface area contributed by atoms with Gasteiger partial charge in [-0.25, -0.2) is 4.68 Å². The van der Waals surface area contributed by atoms with E-state index < -0.39 is 0 Å². The lowest BCUT2D eigenvalue weighted by Crippen LogP contribution is -2.24. The van der Waals surface area contributed by atoms with Gasteiger partial charge in [0.15, 0.2) is 0 Å². The van der Waals surface area contributed by atoms with Gasteiger partial charge in [-0.1, -0.05) is 48.9 Å². The van der Waals surface area contributed by atoms with Gasteiger partial charge in [0.1, 0.15) is 0 Å². The first-order valence-corrected chi connectivity index (χ1v) is 10.4. The molecule has 6 heteroatoms. The second kappa shape index (κ2) is 8.74. The lowest BCUT2D eigenvalue weighted by molar-refractivity contribution is 0.103. The highest BCUT2D eigenvalue weighted by atomic mass is 35.5. The van der Waals surface area contributed by atoms with Crippen molar-refractivity contribution in [2.45, 2.75) is 26.3 Å². The first kappa shape index (κ1) is 20.8. The highest BCUT2D eigenvalue weighted by Crippen LogP contribution is 2.25. The lowest BCUT2D eigenvalue weighted by atomic mass is 10.0. The van der Waals surface area contributed by atoms with Crippen LogP contribution in [-0.4, -0.2) is 20.5 Å². The molecule has 0 fully saturated rings. The van der Waals surface area contributed by atoms with Crippen molar-refractivity contribution < 1.29 is 4.79 Å². The summed E-state index contributed by atoms with van der Waals surface area (Å²) in [7, 11) is 0. The van der Waals surface area contributed by atoms with Gasteiger partial charge in [0, 0.05) is 28.3 Å². The number of H-pyrrole nitrogens is 1. The number of rotatable bonds is 6. The van der Waals surface area contributed by atoms with E-state index in [-0.39, 0.29) is 17.3 Å². The summed E-state index contributed by atoms with van der Waals surface area (Å²) in [6.45, 7) is 4.31. The number of aromatic amines is 1. The first-order valence-electron chi connectivity index (χ1n) is 10.0. The van der Waals surface area contributed by atoms with Crippen molar-refractivity contribution in [2.24, 2.45) is 0 Å². The second-order valence-electron chi connectivity index (χ2n) is 7.58. The minimum Gasteiger partial charge on any atom is -0.355 e. The number of aromatic nitrogens is 3. The number of halogens is 1. The molecule has 0 aliphatic rings. The number of nitrogens with one attached hydrogen (secondary N) is 1. The van der Waals surface area contributed by atoms with Gasteiger partial charge in [-0.05, 0) is 54.4 Å². The Morgan fingerprint density at radius 2 is 1.77 bits per heavy atom. The molecule has 0 bridgehead atoms. The summed E-state index contributed by atoms with van der Waals surface area (Å²) in [5, 5.41) is 5.17. The number of benzene rings is 2. The maximum atomic E-state index is 12.9. The van der Waals surface area contributed by atoms with Crippen LogP contribution in [0.2, 0.25) is 5.02 Å². The van der Waals surface area contributed by atoms with E-state index in [9.17, 15) is 9.59 Å². The summed E-state index contributed by atoms with van der Waals surface area (Å²) < 4.78 is 1.47. The molecule has 0 aliphatic carbocycles. The Morgan fingerprint density at radius 3 is 2.48 bits per heavy atom. The van der Waals surface area contributed by atoms with Crippen LogP contribution in [0.3, 0.4) is 0 Å². The number of aryl methyl sites for hydroxylation is 1. The molecule has 1 N–H and O–H groups in total.